The van der Waals surface area contributed by atoms with E-state index < -0.39 is 0 Å². The van der Waals surface area contributed by atoms with Gasteiger partial charge in [0.05, 0.1) is 0 Å². The Hall–Kier alpha value is -2.27. The fraction of sp³-hybridized carbons (Fsp3) is 0.200. The molecule has 3 rings (SSSR count). The van der Waals surface area contributed by atoms with E-state index in [0.717, 1.165) is 10.9 Å². The minimum atomic E-state index is -0.223. The van der Waals surface area contributed by atoms with Crippen LogP contribution in [0.2, 0.25) is 5.02 Å². The van der Waals surface area contributed by atoms with Gasteiger partial charge in [-0.1, -0.05) is 22.8 Å². The van der Waals surface area contributed by atoms with Crippen LogP contribution >= 0.6 is 11.6 Å². The van der Waals surface area contributed by atoms with Crippen molar-refractivity contribution in [3.8, 4) is 0 Å². The first kappa shape index (κ1) is 13.7. The Balaban J connectivity index is 2.03. The molecule has 3 aromatic rings. The zero-order valence-corrected chi connectivity index (χ0v) is 12.7. The van der Waals surface area contributed by atoms with E-state index >= 15 is 0 Å². The lowest BCUT2D eigenvalue weighted by Gasteiger charge is -2.05. The van der Waals surface area contributed by atoms with Gasteiger partial charge >= 0.3 is 0 Å². The van der Waals surface area contributed by atoms with Crippen LogP contribution in [-0.4, -0.2) is 15.6 Å². The van der Waals surface area contributed by atoms with Gasteiger partial charge in [0.1, 0.15) is 17.1 Å². The van der Waals surface area contributed by atoms with Crippen LogP contribution < -0.4 is 5.32 Å². The molecular formula is C15H14ClN3O2. The molecule has 108 valence electrons. The van der Waals surface area contributed by atoms with E-state index in [9.17, 15) is 4.79 Å². The van der Waals surface area contributed by atoms with Crippen molar-refractivity contribution in [1.29, 1.82) is 0 Å². The zero-order chi connectivity index (χ0) is 15.1. The van der Waals surface area contributed by atoms with E-state index in [1.807, 2.05) is 23.7 Å². The predicted molar refractivity (Wildman–Crippen MR) is 81.9 cm³/mol. The number of rotatable bonds is 2. The molecule has 0 radical (unpaired) electrons. The molecular weight excluding hydrogens is 290 g/mol. The smallest absolute Gasteiger partial charge is 0.272 e. The van der Waals surface area contributed by atoms with Crippen LogP contribution in [0.4, 0.5) is 5.69 Å². The number of nitrogens with zero attached hydrogens (tertiary/aromatic N) is 2. The molecule has 0 spiro atoms. The van der Waals surface area contributed by atoms with Crippen molar-refractivity contribution in [2.75, 3.05) is 5.32 Å². The van der Waals surface area contributed by atoms with E-state index in [-0.39, 0.29) is 5.91 Å². The Kier molecular flexibility index (Phi) is 3.22. The summed E-state index contributed by atoms with van der Waals surface area (Å²) in [5.74, 6) is 0.358. The third-order valence-corrected chi connectivity index (χ3v) is 3.87. The van der Waals surface area contributed by atoms with Gasteiger partial charge in [-0.15, -0.1) is 0 Å². The second-order valence-electron chi connectivity index (χ2n) is 4.91. The van der Waals surface area contributed by atoms with E-state index in [2.05, 4.69) is 10.5 Å². The van der Waals surface area contributed by atoms with Crippen LogP contribution in [-0.2, 0) is 7.05 Å². The van der Waals surface area contributed by atoms with Crippen LogP contribution in [0.3, 0.4) is 0 Å². The van der Waals surface area contributed by atoms with Crippen molar-refractivity contribution in [2.45, 2.75) is 13.8 Å². The maximum Gasteiger partial charge on any atom is 0.272 e. The second-order valence-corrected chi connectivity index (χ2v) is 5.32. The molecule has 0 aliphatic rings. The number of benzene rings is 1. The third-order valence-electron chi connectivity index (χ3n) is 3.54. The molecule has 2 aromatic heterocycles. The molecule has 0 aliphatic heterocycles. The highest BCUT2D eigenvalue weighted by Crippen LogP contribution is 2.27. The number of anilines is 1. The molecule has 0 bridgehead atoms. The lowest BCUT2D eigenvalue weighted by Crippen LogP contribution is -2.16. The monoisotopic (exact) mass is 303 g/mol. The third kappa shape index (κ3) is 2.19. The normalized spacial score (nSPS) is 11.0. The summed E-state index contributed by atoms with van der Waals surface area (Å²) in [7, 11) is 1.83. The maximum atomic E-state index is 12.5. The molecule has 5 nitrogen and oxygen atoms in total. The lowest BCUT2D eigenvalue weighted by molar-refractivity contribution is 0.101. The average molecular weight is 304 g/mol. The Labute approximate surface area is 126 Å². The Morgan fingerprint density at radius 3 is 2.76 bits per heavy atom. The quantitative estimate of drug-likeness (QED) is 0.785. The largest absolute Gasteiger partial charge is 0.359 e. The molecule has 0 saturated heterocycles. The first-order valence-corrected chi connectivity index (χ1v) is 6.85. The number of halogens is 1. The summed E-state index contributed by atoms with van der Waals surface area (Å²) < 4.78 is 6.86. The highest BCUT2D eigenvalue weighted by molar-refractivity contribution is 6.35. The van der Waals surface area contributed by atoms with Crippen molar-refractivity contribution in [3.63, 3.8) is 0 Å². The average Bonchev–Trinajstić information content (AvgIpc) is 2.95. The number of hydrogen-bond donors (Lipinski definition) is 1. The van der Waals surface area contributed by atoms with Crippen LogP contribution in [0.25, 0.3) is 10.9 Å². The summed E-state index contributed by atoms with van der Waals surface area (Å²) in [4.78, 5) is 12.5. The lowest BCUT2D eigenvalue weighted by atomic mass is 10.2. The maximum absolute atomic E-state index is 12.5. The van der Waals surface area contributed by atoms with Crippen molar-refractivity contribution in [3.05, 3.63) is 46.4 Å². The predicted octanol–water partition coefficient (Wildman–Crippen LogP) is 3.69. The van der Waals surface area contributed by atoms with E-state index in [4.69, 9.17) is 16.1 Å². The summed E-state index contributed by atoms with van der Waals surface area (Å²) in [6.07, 6.45) is 0. The Morgan fingerprint density at radius 1 is 1.38 bits per heavy atom. The van der Waals surface area contributed by atoms with E-state index in [0.29, 0.717) is 27.9 Å². The summed E-state index contributed by atoms with van der Waals surface area (Å²) in [5.41, 5.74) is 2.69. The van der Waals surface area contributed by atoms with Gasteiger partial charge in [0.25, 0.3) is 5.91 Å². The van der Waals surface area contributed by atoms with Gasteiger partial charge in [0.2, 0.25) is 0 Å². The Bertz CT molecular complexity index is 829. The standard InChI is InChI=1S/C15H14ClN3O2/c1-8-14(9(2)21-18-8)17-15(20)13-7-10-11(16)5-4-6-12(10)19(13)3/h4-7H,1-3H3,(H,17,20). The van der Waals surface area contributed by atoms with Gasteiger partial charge in [-0.3, -0.25) is 4.79 Å². The number of fused-ring (bicyclic) bond motifs is 1. The van der Waals surface area contributed by atoms with Crippen LogP contribution in [0.1, 0.15) is 21.9 Å². The van der Waals surface area contributed by atoms with Crippen molar-refractivity contribution >= 4 is 34.1 Å². The number of amides is 1. The minimum absolute atomic E-state index is 0.223. The molecule has 1 amide bonds. The van der Waals surface area contributed by atoms with Gasteiger partial charge in [0.15, 0.2) is 5.76 Å². The molecule has 2 heterocycles. The zero-order valence-electron chi connectivity index (χ0n) is 11.9. The van der Waals surface area contributed by atoms with Crippen LogP contribution in [0, 0.1) is 13.8 Å². The molecule has 1 N–H and O–H groups in total. The summed E-state index contributed by atoms with van der Waals surface area (Å²) in [6, 6.07) is 7.37. The SMILES string of the molecule is Cc1noc(C)c1NC(=O)c1cc2c(Cl)cccc2n1C. The summed E-state index contributed by atoms with van der Waals surface area (Å²) in [5, 5.41) is 8.14. The van der Waals surface area contributed by atoms with Crippen molar-refractivity contribution in [2.24, 2.45) is 7.05 Å². The van der Waals surface area contributed by atoms with Gasteiger partial charge in [-0.05, 0) is 32.0 Å². The van der Waals surface area contributed by atoms with Gasteiger partial charge < -0.3 is 14.4 Å². The molecule has 0 saturated carbocycles. The van der Waals surface area contributed by atoms with E-state index in [1.165, 1.54) is 0 Å². The number of carbonyl (C=O) groups is 1. The van der Waals surface area contributed by atoms with Gasteiger partial charge in [-0.2, -0.15) is 0 Å². The molecule has 0 aliphatic carbocycles. The highest BCUT2D eigenvalue weighted by atomic mass is 35.5. The fourth-order valence-corrected chi connectivity index (χ4v) is 2.61. The first-order chi connectivity index (χ1) is 9.99. The number of nitrogens with one attached hydrogen (secondary N) is 1. The molecule has 1 aromatic carbocycles. The molecule has 0 unspecified atom stereocenters. The Morgan fingerprint density at radius 2 is 2.14 bits per heavy atom. The first-order valence-electron chi connectivity index (χ1n) is 6.47. The molecule has 6 heteroatoms. The number of aromatic nitrogens is 2. The highest BCUT2D eigenvalue weighted by Gasteiger charge is 2.18. The molecule has 0 atom stereocenters. The number of aryl methyl sites for hydroxylation is 3. The molecule has 0 fully saturated rings. The topological polar surface area (TPSA) is 60.1 Å². The van der Waals surface area contributed by atoms with Gasteiger partial charge in [-0.25, -0.2) is 0 Å². The fourth-order valence-electron chi connectivity index (χ4n) is 2.38. The summed E-state index contributed by atoms with van der Waals surface area (Å²) >= 11 is 6.17. The van der Waals surface area contributed by atoms with Crippen LogP contribution in [0.15, 0.2) is 28.8 Å². The van der Waals surface area contributed by atoms with Crippen molar-refractivity contribution in [1.82, 2.24) is 9.72 Å². The summed E-state index contributed by atoms with van der Waals surface area (Å²) in [6.45, 7) is 3.54. The van der Waals surface area contributed by atoms with E-state index in [1.54, 1.807) is 26.0 Å². The number of carbonyl (C=O) groups excluding carboxylic acids is 1. The van der Waals surface area contributed by atoms with Crippen LogP contribution in [0.5, 0.6) is 0 Å². The number of hydrogen-bond acceptors (Lipinski definition) is 3. The molecule has 21 heavy (non-hydrogen) atoms. The van der Waals surface area contributed by atoms with Gasteiger partial charge in [0, 0.05) is 23.0 Å². The second kappa shape index (κ2) is 4.93. The van der Waals surface area contributed by atoms with Crippen molar-refractivity contribution < 1.29 is 9.32 Å². The minimum Gasteiger partial charge on any atom is -0.359 e.